The Hall–Kier alpha value is 0.391. The zero-order valence-electron chi connectivity index (χ0n) is 9.75. The molecule has 10 heteroatoms. The zero-order valence-corrected chi connectivity index (χ0v) is 13.7. The fourth-order valence-corrected chi connectivity index (χ4v) is 2.02. The number of benzene rings is 1. The number of hydrogen-bond donors (Lipinski definition) is 1. The Morgan fingerprint density at radius 1 is 1.28 bits per heavy atom. The van der Waals surface area contributed by atoms with Gasteiger partial charge in [-0.3, -0.25) is 0 Å². The van der Waals surface area contributed by atoms with Crippen LogP contribution in [-0.4, -0.2) is 15.4 Å². The van der Waals surface area contributed by atoms with Gasteiger partial charge in [0.05, 0.1) is 0 Å². The Morgan fingerprint density at radius 3 is 2.17 bits per heavy atom. The summed E-state index contributed by atoms with van der Waals surface area (Å²) in [6.45, 7) is -3.97. The zero-order chi connectivity index (χ0) is 13.4. The van der Waals surface area contributed by atoms with Gasteiger partial charge in [-0.2, -0.15) is 8.42 Å². The molecule has 0 atom stereocenters. The van der Waals surface area contributed by atoms with Gasteiger partial charge in [0, 0.05) is 5.69 Å². The molecular weight excluding hydrogens is 300 g/mol. The average Bonchev–Trinajstić information content (AvgIpc) is 2.08. The summed E-state index contributed by atoms with van der Waals surface area (Å²) in [7, 11) is -4.89. The first-order chi connectivity index (χ1) is 7.50. The van der Waals surface area contributed by atoms with Crippen molar-refractivity contribution >= 4 is 28.4 Å². The van der Waals surface area contributed by atoms with Crippen LogP contribution in [0.4, 0.5) is 22.5 Å². The molecule has 0 bridgehead atoms. The molecule has 1 aromatic rings. The molecule has 1 aromatic carbocycles. The van der Waals surface area contributed by atoms with Gasteiger partial charge in [0.1, 0.15) is 5.75 Å². The van der Waals surface area contributed by atoms with Crippen LogP contribution < -0.4 is 62.6 Å². The first-order valence-corrected chi connectivity index (χ1v) is 6.07. The Kier molecular flexibility index (Phi) is 6.36. The van der Waals surface area contributed by atoms with Gasteiger partial charge < -0.3 is 18.7 Å². The molecule has 0 fully saturated rings. The van der Waals surface area contributed by atoms with Crippen molar-refractivity contribution in [3.63, 3.8) is 0 Å². The maximum Gasteiger partial charge on any atom is 1.00 e. The normalized spacial score (nSPS) is 12.1. The maximum absolute atomic E-state index is 12.5. The van der Waals surface area contributed by atoms with Crippen LogP contribution in [0.1, 0.15) is 11.1 Å². The van der Waals surface area contributed by atoms with Gasteiger partial charge in [0.25, 0.3) is 0 Å². The Morgan fingerprint density at radius 2 is 1.78 bits per heavy atom. The van der Waals surface area contributed by atoms with E-state index >= 15 is 0 Å². The van der Waals surface area contributed by atoms with Crippen molar-refractivity contribution in [3.05, 3.63) is 23.3 Å². The van der Waals surface area contributed by atoms with Gasteiger partial charge in [-0.25, -0.2) is 0 Å². The summed E-state index contributed by atoms with van der Waals surface area (Å²) in [5.41, 5.74) is 3.94. The largest absolute Gasteiger partial charge is 1.00 e. The van der Waals surface area contributed by atoms with Crippen LogP contribution in [0.25, 0.3) is 0 Å². The molecule has 18 heavy (non-hydrogen) atoms. The predicted molar refractivity (Wildman–Crippen MR) is 58.0 cm³/mol. The van der Waals surface area contributed by atoms with E-state index in [4.69, 9.17) is 5.73 Å². The van der Waals surface area contributed by atoms with Crippen LogP contribution >= 0.6 is 0 Å². The first-order valence-electron chi connectivity index (χ1n) is 4.52. The second-order valence-corrected chi connectivity index (χ2v) is 5.02. The Labute approximate surface area is 145 Å². The smallest absolute Gasteiger partial charge is 0.445 e. The third kappa shape index (κ3) is 5.18. The summed E-state index contributed by atoms with van der Waals surface area (Å²) in [5, 5.41) is 0. The second kappa shape index (κ2) is 6.23. The molecule has 0 heterocycles. The van der Waals surface area contributed by atoms with Crippen molar-refractivity contribution in [3.8, 4) is 0 Å². The van der Waals surface area contributed by atoms with Gasteiger partial charge in [-0.05, 0) is 18.1 Å². The minimum absolute atomic E-state index is 0. The van der Waals surface area contributed by atoms with E-state index in [0.717, 1.165) is 0 Å². The number of hydrogen-bond acceptors (Lipinski definition) is 3. The van der Waals surface area contributed by atoms with Crippen molar-refractivity contribution in [1.82, 2.24) is 0 Å². The topological polar surface area (TPSA) is 60.2 Å². The Balaban J connectivity index is 0.00000289. The third-order valence-corrected chi connectivity index (χ3v) is 2.94. The summed E-state index contributed by atoms with van der Waals surface area (Å²) in [6, 6.07) is 1.33. The quantitative estimate of drug-likeness (QED) is 0.318. The number of nitrogens with two attached hydrogens (primary N) is 1. The van der Waals surface area contributed by atoms with Crippen molar-refractivity contribution in [2.24, 2.45) is 0 Å². The molecule has 3 nitrogen and oxygen atoms in total. The molecule has 0 aliphatic heterocycles. The minimum Gasteiger partial charge on any atom is -0.445 e. The molecule has 96 valence electrons. The Bertz CT molecular complexity index is 547. The molecule has 0 aliphatic carbocycles. The predicted octanol–water partition coefficient (Wildman–Crippen LogP) is -1.57. The number of rotatable bonds is 3. The number of anilines is 1. The van der Waals surface area contributed by atoms with Crippen molar-refractivity contribution < 1.29 is 76.6 Å². The SMILES string of the molecule is Cc1c(N)cc([B-](F)(F)F)cc1CS(=O)(=O)F.[K+]. The monoisotopic (exact) mass is 309 g/mol. The van der Waals surface area contributed by atoms with Crippen LogP contribution in [0.3, 0.4) is 0 Å². The molecule has 0 saturated carbocycles. The van der Waals surface area contributed by atoms with Gasteiger partial charge in [0.15, 0.2) is 0 Å². The third-order valence-electron chi connectivity index (χ3n) is 2.28. The van der Waals surface area contributed by atoms with E-state index < -0.39 is 28.4 Å². The minimum atomic E-state index is -5.30. The number of nitrogen functional groups attached to an aromatic ring is 1. The first kappa shape index (κ1) is 18.4. The van der Waals surface area contributed by atoms with Gasteiger partial charge in [-0.15, -0.1) is 9.35 Å². The standard InChI is InChI=1S/C8H9BF4NO2S.K/c1-5-6(4-17(13,15)16)2-7(3-8(5)14)9(10,11)12;/h2-3H,4,14H2,1H3;/q-1;+1. The van der Waals surface area contributed by atoms with E-state index in [1.807, 2.05) is 0 Å². The summed E-state index contributed by atoms with van der Waals surface area (Å²) in [5.74, 6) is -1.11. The fourth-order valence-electron chi connectivity index (χ4n) is 1.35. The molecule has 0 radical (unpaired) electrons. The fraction of sp³-hybridized carbons (Fsp3) is 0.250. The maximum atomic E-state index is 12.5. The molecule has 2 N–H and O–H groups in total. The molecule has 0 unspecified atom stereocenters. The van der Waals surface area contributed by atoms with Crippen LogP contribution in [-0.2, 0) is 16.0 Å². The van der Waals surface area contributed by atoms with Gasteiger partial charge >= 0.3 is 68.6 Å². The molecule has 1 rings (SSSR count). The summed E-state index contributed by atoms with van der Waals surface area (Å²) < 4.78 is 70.8. The molecule has 0 aromatic heterocycles. The average molecular weight is 309 g/mol. The summed E-state index contributed by atoms with van der Waals surface area (Å²) in [6.07, 6.45) is 0. The van der Waals surface area contributed by atoms with Crippen LogP contribution in [0.15, 0.2) is 12.1 Å². The van der Waals surface area contributed by atoms with E-state index in [0.29, 0.717) is 12.1 Å². The van der Waals surface area contributed by atoms with Crippen LogP contribution in [0.5, 0.6) is 0 Å². The molecule has 0 spiro atoms. The van der Waals surface area contributed by atoms with E-state index in [-0.39, 0.29) is 68.2 Å². The summed E-state index contributed by atoms with van der Waals surface area (Å²) in [4.78, 5) is 0. The molecule has 0 saturated heterocycles. The molecule has 0 amide bonds. The second-order valence-electron chi connectivity index (χ2n) is 3.65. The van der Waals surface area contributed by atoms with E-state index in [2.05, 4.69) is 0 Å². The van der Waals surface area contributed by atoms with E-state index in [1.165, 1.54) is 6.92 Å². The number of halogens is 4. The van der Waals surface area contributed by atoms with E-state index in [1.54, 1.807) is 0 Å². The van der Waals surface area contributed by atoms with Crippen molar-refractivity contribution in [2.75, 3.05) is 5.73 Å². The van der Waals surface area contributed by atoms with Crippen LogP contribution in [0.2, 0.25) is 0 Å². The van der Waals surface area contributed by atoms with Gasteiger partial charge in [0.2, 0.25) is 0 Å². The summed E-state index contributed by atoms with van der Waals surface area (Å²) >= 11 is 0. The van der Waals surface area contributed by atoms with Crippen molar-refractivity contribution in [1.29, 1.82) is 0 Å². The van der Waals surface area contributed by atoms with E-state index in [9.17, 15) is 25.3 Å². The van der Waals surface area contributed by atoms with Crippen LogP contribution in [0, 0.1) is 6.92 Å². The molecule has 0 aliphatic rings. The molecular formula is C8H9BF4KNO2S. The van der Waals surface area contributed by atoms with Gasteiger partial charge in [-0.1, -0.05) is 12.1 Å². The van der Waals surface area contributed by atoms with Crippen molar-refractivity contribution in [2.45, 2.75) is 12.7 Å².